The van der Waals surface area contributed by atoms with Gasteiger partial charge in [0.05, 0.1) is 6.61 Å². The highest BCUT2D eigenvalue weighted by Gasteiger charge is 2.21. The number of rotatable bonds is 3. The second-order valence-electron chi connectivity index (χ2n) is 4.75. The van der Waals surface area contributed by atoms with Crippen LogP contribution in [0.3, 0.4) is 0 Å². The van der Waals surface area contributed by atoms with Crippen molar-refractivity contribution in [3.63, 3.8) is 0 Å². The molecule has 0 radical (unpaired) electrons. The highest BCUT2D eigenvalue weighted by atomic mass is 16.5. The number of hydrogen-bond acceptors (Lipinski definition) is 6. The third-order valence-electron chi connectivity index (χ3n) is 3.25. The molecule has 112 valence electrons. The van der Waals surface area contributed by atoms with Crippen LogP contribution in [0.2, 0.25) is 0 Å². The van der Waals surface area contributed by atoms with Crippen molar-refractivity contribution in [2.24, 2.45) is 0 Å². The van der Waals surface area contributed by atoms with Crippen molar-refractivity contribution in [3.8, 4) is 0 Å². The van der Waals surface area contributed by atoms with Crippen LogP contribution in [0.1, 0.15) is 20.3 Å². The van der Waals surface area contributed by atoms with Crippen molar-refractivity contribution in [2.45, 2.75) is 26.3 Å². The number of carbonyl (C=O) groups excluding carboxylic acids is 1. The van der Waals surface area contributed by atoms with Crippen molar-refractivity contribution in [1.29, 1.82) is 0 Å². The third kappa shape index (κ3) is 6.87. The van der Waals surface area contributed by atoms with Crippen LogP contribution in [-0.4, -0.2) is 69.5 Å². The summed E-state index contributed by atoms with van der Waals surface area (Å²) in [6.07, 6.45) is 1.13. The lowest BCUT2D eigenvalue weighted by Crippen LogP contribution is -2.49. The molecule has 0 saturated carbocycles. The number of nitrogens with one attached hydrogen (secondary N) is 3. The van der Waals surface area contributed by atoms with Gasteiger partial charge in [-0.1, -0.05) is 0 Å². The molecule has 19 heavy (non-hydrogen) atoms. The van der Waals surface area contributed by atoms with Crippen molar-refractivity contribution >= 4 is 5.97 Å². The summed E-state index contributed by atoms with van der Waals surface area (Å²) in [4.78, 5) is 13.9. The fourth-order valence-electron chi connectivity index (χ4n) is 2.03. The van der Waals surface area contributed by atoms with Crippen molar-refractivity contribution in [2.75, 3.05) is 52.5 Å². The van der Waals surface area contributed by atoms with Crippen LogP contribution in [0.5, 0.6) is 0 Å². The van der Waals surface area contributed by atoms with E-state index in [0.29, 0.717) is 13.3 Å². The van der Waals surface area contributed by atoms with Gasteiger partial charge in [0.25, 0.3) is 0 Å². The Morgan fingerprint density at radius 3 is 2.58 bits per heavy atom. The molecule has 1 rings (SSSR count). The van der Waals surface area contributed by atoms with E-state index in [2.05, 4.69) is 20.9 Å². The average molecular weight is 272 g/mol. The Kier molecular flexibility index (Phi) is 8.73. The molecule has 3 N–H and O–H groups in total. The molecular weight excluding hydrogens is 244 g/mol. The smallest absolute Gasteiger partial charge is 0.323 e. The Hall–Kier alpha value is -0.690. The summed E-state index contributed by atoms with van der Waals surface area (Å²) in [5.41, 5.74) is 0. The van der Waals surface area contributed by atoms with Gasteiger partial charge in [-0.3, -0.25) is 9.69 Å². The fraction of sp³-hybridized carbons (Fsp3) is 0.923. The summed E-state index contributed by atoms with van der Waals surface area (Å²) in [5.74, 6) is -0.144. The number of ether oxygens (including phenoxy) is 1. The first-order valence-corrected chi connectivity index (χ1v) is 7.28. The van der Waals surface area contributed by atoms with E-state index in [9.17, 15) is 4.79 Å². The van der Waals surface area contributed by atoms with Crippen LogP contribution in [0.15, 0.2) is 0 Å². The topological polar surface area (TPSA) is 65.6 Å². The summed E-state index contributed by atoms with van der Waals surface area (Å²) < 4.78 is 5.09. The van der Waals surface area contributed by atoms with E-state index in [1.807, 2.05) is 13.8 Å². The first-order valence-electron chi connectivity index (χ1n) is 7.28. The molecule has 6 heteroatoms. The van der Waals surface area contributed by atoms with Gasteiger partial charge in [-0.25, -0.2) is 0 Å². The molecule has 0 aliphatic carbocycles. The van der Waals surface area contributed by atoms with Crippen molar-refractivity contribution in [1.82, 2.24) is 20.9 Å². The molecular formula is C13H28N4O2. The molecule has 1 unspecified atom stereocenters. The van der Waals surface area contributed by atoms with E-state index < -0.39 is 0 Å². The van der Waals surface area contributed by atoms with Gasteiger partial charge in [0.15, 0.2) is 0 Å². The normalized spacial score (nSPS) is 22.0. The molecule has 1 saturated heterocycles. The maximum absolute atomic E-state index is 11.8. The van der Waals surface area contributed by atoms with E-state index >= 15 is 0 Å². The highest BCUT2D eigenvalue weighted by molar-refractivity contribution is 5.75. The Morgan fingerprint density at radius 2 is 1.84 bits per heavy atom. The average Bonchev–Trinajstić information content (AvgIpc) is 2.39. The van der Waals surface area contributed by atoms with Crippen LogP contribution < -0.4 is 16.0 Å². The Balaban J connectivity index is 2.43. The maximum atomic E-state index is 11.8. The molecule has 0 aromatic carbocycles. The minimum atomic E-state index is -0.204. The zero-order chi connectivity index (χ0) is 13.9. The van der Waals surface area contributed by atoms with Gasteiger partial charge in [-0.2, -0.15) is 0 Å². The first-order chi connectivity index (χ1) is 9.25. The van der Waals surface area contributed by atoms with E-state index in [1.165, 1.54) is 0 Å². The summed E-state index contributed by atoms with van der Waals surface area (Å²) >= 11 is 0. The lowest BCUT2D eigenvalue weighted by atomic mass is 10.3. The molecule has 0 bridgehead atoms. The fourth-order valence-corrected chi connectivity index (χ4v) is 2.03. The molecule has 0 aromatic heterocycles. The standard InChI is InChI=1S/C13H28N4O2/c1-3-19-13(18)12(2)17-10-9-15-6-4-5-14-7-8-16-11-17/h12,14-16H,3-11H2,1-2H3. The predicted molar refractivity (Wildman–Crippen MR) is 76.0 cm³/mol. The van der Waals surface area contributed by atoms with Crippen LogP contribution in [-0.2, 0) is 9.53 Å². The van der Waals surface area contributed by atoms with Crippen LogP contribution >= 0.6 is 0 Å². The summed E-state index contributed by atoms with van der Waals surface area (Å²) in [7, 11) is 0. The Morgan fingerprint density at radius 1 is 1.16 bits per heavy atom. The second-order valence-corrected chi connectivity index (χ2v) is 4.75. The van der Waals surface area contributed by atoms with Crippen molar-refractivity contribution < 1.29 is 9.53 Å². The third-order valence-corrected chi connectivity index (χ3v) is 3.25. The highest BCUT2D eigenvalue weighted by Crippen LogP contribution is 2.00. The molecule has 1 fully saturated rings. The SMILES string of the molecule is CCOC(=O)C(C)N1CCNCCCNCCNC1. The van der Waals surface area contributed by atoms with Gasteiger partial charge in [0.2, 0.25) is 0 Å². The van der Waals surface area contributed by atoms with E-state index in [1.54, 1.807) is 0 Å². The molecule has 0 aromatic rings. The lowest BCUT2D eigenvalue weighted by Gasteiger charge is -2.28. The Bertz CT molecular complexity index is 239. The zero-order valence-corrected chi connectivity index (χ0v) is 12.2. The van der Waals surface area contributed by atoms with Gasteiger partial charge >= 0.3 is 5.97 Å². The number of hydrogen-bond donors (Lipinski definition) is 3. The van der Waals surface area contributed by atoms with E-state index in [-0.39, 0.29) is 12.0 Å². The van der Waals surface area contributed by atoms with Crippen molar-refractivity contribution in [3.05, 3.63) is 0 Å². The van der Waals surface area contributed by atoms with E-state index in [4.69, 9.17) is 4.74 Å². The molecule has 1 aliphatic heterocycles. The van der Waals surface area contributed by atoms with Gasteiger partial charge < -0.3 is 20.7 Å². The monoisotopic (exact) mass is 272 g/mol. The summed E-state index contributed by atoms with van der Waals surface area (Å²) in [6.45, 7) is 10.6. The molecule has 1 aliphatic rings. The quantitative estimate of drug-likeness (QED) is 0.595. The summed E-state index contributed by atoms with van der Waals surface area (Å²) in [5, 5.41) is 10.1. The van der Waals surface area contributed by atoms with Gasteiger partial charge in [-0.05, 0) is 33.4 Å². The van der Waals surface area contributed by atoms with Crippen LogP contribution in [0, 0.1) is 0 Å². The minimum Gasteiger partial charge on any atom is -0.465 e. The molecule has 0 spiro atoms. The summed E-state index contributed by atoms with van der Waals surface area (Å²) in [6, 6.07) is -0.204. The maximum Gasteiger partial charge on any atom is 0.323 e. The largest absolute Gasteiger partial charge is 0.465 e. The Labute approximate surface area is 116 Å². The molecule has 1 atom stereocenters. The lowest BCUT2D eigenvalue weighted by molar-refractivity contribution is -0.149. The first kappa shape index (κ1) is 16.4. The zero-order valence-electron chi connectivity index (χ0n) is 12.2. The molecule has 1 heterocycles. The minimum absolute atomic E-state index is 0.144. The number of nitrogens with zero attached hydrogens (tertiary/aromatic N) is 1. The molecule has 6 nitrogen and oxygen atoms in total. The predicted octanol–water partition coefficient (Wildman–Crippen LogP) is -0.630. The van der Waals surface area contributed by atoms with E-state index in [0.717, 1.165) is 45.7 Å². The molecule has 0 amide bonds. The van der Waals surface area contributed by atoms with Gasteiger partial charge in [-0.15, -0.1) is 0 Å². The van der Waals surface area contributed by atoms with Crippen LogP contribution in [0.4, 0.5) is 0 Å². The van der Waals surface area contributed by atoms with Crippen LogP contribution in [0.25, 0.3) is 0 Å². The number of esters is 1. The second kappa shape index (κ2) is 10.1. The van der Waals surface area contributed by atoms with Gasteiger partial charge in [0, 0.05) is 32.8 Å². The van der Waals surface area contributed by atoms with Gasteiger partial charge in [0.1, 0.15) is 6.04 Å². The number of carbonyl (C=O) groups is 1.